The molecule has 1 aromatic carbocycles. The molecule has 1 aliphatic rings. The topological polar surface area (TPSA) is 87.5 Å². The van der Waals surface area contributed by atoms with E-state index >= 15 is 0 Å². The number of amides is 3. The van der Waals surface area contributed by atoms with Crippen LogP contribution in [0.15, 0.2) is 40.9 Å². The Morgan fingerprint density at radius 2 is 2.08 bits per heavy atom. The number of aryl methyl sites for hydroxylation is 1. The van der Waals surface area contributed by atoms with Gasteiger partial charge in [-0.3, -0.25) is 10.1 Å². The van der Waals surface area contributed by atoms with Crippen LogP contribution >= 0.6 is 0 Å². The molecule has 0 radical (unpaired) electrons. The number of aromatic nitrogens is 1. The lowest BCUT2D eigenvalue weighted by Gasteiger charge is -2.33. The van der Waals surface area contributed by atoms with Crippen molar-refractivity contribution in [3.05, 3.63) is 47.7 Å². The summed E-state index contributed by atoms with van der Waals surface area (Å²) in [5.74, 6) is 0.996. The molecule has 24 heavy (non-hydrogen) atoms. The van der Waals surface area contributed by atoms with Crippen molar-refractivity contribution in [1.29, 1.82) is 0 Å². The maximum Gasteiger partial charge on any atom is 0.320 e. The Bertz CT molecular complexity index is 714. The Hall–Kier alpha value is -2.83. The molecule has 2 N–H and O–H groups in total. The standard InChI is InChI=1S/C17H20N4O3/c1-12-10-15(20-24-12)19-17(23)18-14-8-5-9-21(11-14)16(22)13-6-3-2-4-7-13/h2-4,6-7,10,14H,5,8-9,11H2,1H3,(H2,18,19,20,23)/t14-/m1/s1. The van der Waals surface area contributed by atoms with Gasteiger partial charge in [-0.05, 0) is 31.9 Å². The van der Waals surface area contributed by atoms with E-state index in [1.165, 1.54) is 0 Å². The molecule has 1 fully saturated rings. The predicted octanol–water partition coefficient (Wildman–Crippen LogP) is 2.41. The van der Waals surface area contributed by atoms with Crippen molar-refractivity contribution >= 4 is 17.8 Å². The Labute approximate surface area is 140 Å². The van der Waals surface area contributed by atoms with E-state index in [4.69, 9.17) is 4.52 Å². The van der Waals surface area contributed by atoms with Gasteiger partial charge >= 0.3 is 6.03 Å². The molecule has 0 bridgehead atoms. The van der Waals surface area contributed by atoms with Crippen molar-refractivity contribution in [2.75, 3.05) is 18.4 Å². The predicted molar refractivity (Wildman–Crippen MR) is 88.8 cm³/mol. The molecule has 7 nitrogen and oxygen atoms in total. The molecule has 0 aliphatic carbocycles. The second-order valence-corrected chi connectivity index (χ2v) is 5.88. The molecule has 1 aromatic heterocycles. The van der Waals surface area contributed by atoms with Crippen LogP contribution in [0, 0.1) is 6.92 Å². The highest BCUT2D eigenvalue weighted by Gasteiger charge is 2.25. The van der Waals surface area contributed by atoms with Gasteiger partial charge in [-0.2, -0.15) is 0 Å². The lowest BCUT2D eigenvalue weighted by Crippen LogP contribution is -2.50. The minimum Gasteiger partial charge on any atom is -0.360 e. The van der Waals surface area contributed by atoms with Gasteiger partial charge in [-0.15, -0.1) is 0 Å². The maximum atomic E-state index is 12.5. The third-order valence-corrected chi connectivity index (χ3v) is 3.93. The first-order valence-electron chi connectivity index (χ1n) is 7.97. The van der Waals surface area contributed by atoms with Gasteiger partial charge in [-0.25, -0.2) is 4.79 Å². The quantitative estimate of drug-likeness (QED) is 0.906. The van der Waals surface area contributed by atoms with E-state index in [0.717, 1.165) is 12.8 Å². The maximum absolute atomic E-state index is 12.5. The second kappa shape index (κ2) is 7.16. The number of hydrogen-bond donors (Lipinski definition) is 2. The van der Waals surface area contributed by atoms with Crippen LogP contribution in [0.5, 0.6) is 0 Å². The van der Waals surface area contributed by atoms with Crippen molar-refractivity contribution in [1.82, 2.24) is 15.4 Å². The summed E-state index contributed by atoms with van der Waals surface area (Å²) in [7, 11) is 0. The van der Waals surface area contributed by atoms with E-state index in [-0.39, 0.29) is 18.0 Å². The lowest BCUT2D eigenvalue weighted by molar-refractivity contribution is 0.0698. The van der Waals surface area contributed by atoms with E-state index in [9.17, 15) is 9.59 Å². The Morgan fingerprint density at radius 1 is 1.29 bits per heavy atom. The van der Waals surface area contributed by atoms with E-state index < -0.39 is 0 Å². The first kappa shape index (κ1) is 16.0. The van der Waals surface area contributed by atoms with Gasteiger partial charge in [0.25, 0.3) is 5.91 Å². The van der Waals surface area contributed by atoms with Crippen LogP contribution in [0.25, 0.3) is 0 Å². The number of carbonyl (C=O) groups excluding carboxylic acids is 2. The molecule has 0 spiro atoms. The number of likely N-dealkylation sites (tertiary alicyclic amines) is 1. The van der Waals surface area contributed by atoms with Crippen LogP contribution in [0.4, 0.5) is 10.6 Å². The normalized spacial score (nSPS) is 17.4. The van der Waals surface area contributed by atoms with Crippen LogP contribution in [0.3, 0.4) is 0 Å². The Balaban J connectivity index is 1.55. The molecule has 2 heterocycles. The fourth-order valence-electron chi connectivity index (χ4n) is 2.81. The van der Waals surface area contributed by atoms with E-state index in [1.54, 1.807) is 30.0 Å². The number of nitrogens with one attached hydrogen (secondary N) is 2. The van der Waals surface area contributed by atoms with Gasteiger partial charge in [0, 0.05) is 30.8 Å². The zero-order valence-electron chi connectivity index (χ0n) is 13.5. The summed E-state index contributed by atoms with van der Waals surface area (Å²) >= 11 is 0. The van der Waals surface area contributed by atoms with Gasteiger partial charge in [0.1, 0.15) is 5.76 Å². The van der Waals surface area contributed by atoms with E-state index in [2.05, 4.69) is 15.8 Å². The summed E-state index contributed by atoms with van der Waals surface area (Å²) in [5.41, 5.74) is 0.667. The molecule has 0 unspecified atom stereocenters. The lowest BCUT2D eigenvalue weighted by atomic mass is 10.0. The summed E-state index contributed by atoms with van der Waals surface area (Å²) in [4.78, 5) is 26.3. The third-order valence-electron chi connectivity index (χ3n) is 3.93. The van der Waals surface area contributed by atoms with Crippen LogP contribution in [-0.4, -0.2) is 41.1 Å². The number of anilines is 1. The average Bonchev–Trinajstić information content (AvgIpc) is 3.00. The molecule has 0 saturated carbocycles. The van der Waals surface area contributed by atoms with Gasteiger partial charge in [0.2, 0.25) is 0 Å². The van der Waals surface area contributed by atoms with Gasteiger partial charge < -0.3 is 14.7 Å². The number of nitrogens with zero attached hydrogens (tertiary/aromatic N) is 2. The van der Waals surface area contributed by atoms with E-state index in [0.29, 0.717) is 30.2 Å². The zero-order chi connectivity index (χ0) is 16.9. The van der Waals surface area contributed by atoms with Crippen molar-refractivity contribution < 1.29 is 14.1 Å². The first-order valence-corrected chi connectivity index (χ1v) is 7.97. The minimum atomic E-state index is -0.345. The second-order valence-electron chi connectivity index (χ2n) is 5.88. The fraction of sp³-hybridized carbons (Fsp3) is 0.353. The number of carbonyl (C=O) groups is 2. The SMILES string of the molecule is Cc1cc(NC(=O)N[C@@H]2CCCN(C(=O)c3ccccc3)C2)no1. The van der Waals surface area contributed by atoms with Crippen LogP contribution in [0.1, 0.15) is 29.0 Å². The van der Waals surface area contributed by atoms with E-state index in [1.807, 2.05) is 18.2 Å². The number of benzene rings is 1. The summed E-state index contributed by atoms with van der Waals surface area (Å²) in [5, 5.41) is 9.23. The van der Waals surface area contributed by atoms with Crippen LogP contribution < -0.4 is 10.6 Å². The number of piperidine rings is 1. The number of hydrogen-bond acceptors (Lipinski definition) is 4. The highest BCUT2D eigenvalue weighted by Crippen LogP contribution is 2.14. The first-order chi connectivity index (χ1) is 11.6. The molecule has 1 saturated heterocycles. The monoisotopic (exact) mass is 328 g/mol. The van der Waals surface area contributed by atoms with Gasteiger partial charge in [0.15, 0.2) is 5.82 Å². The average molecular weight is 328 g/mol. The van der Waals surface area contributed by atoms with Crippen molar-refractivity contribution in [2.24, 2.45) is 0 Å². The van der Waals surface area contributed by atoms with Crippen molar-refractivity contribution in [2.45, 2.75) is 25.8 Å². The van der Waals surface area contributed by atoms with Gasteiger partial charge in [0.05, 0.1) is 0 Å². The van der Waals surface area contributed by atoms with Crippen LogP contribution in [0.2, 0.25) is 0 Å². The minimum absolute atomic E-state index is 0.00497. The summed E-state index contributed by atoms with van der Waals surface area (Å²) < 4.78 is 4.91. The smallest absolute Gasteiger partial charge is 0.320 e. The molecular weight excluding hydrogens is 308 g/mol. The Morgan fingerprint density at radius 3 is 2.79 bits per heavy atom. The molecule has 126 valence electrons. The zero-order valence-corrected chi connectivity index (χ0v) is 13.5. The molecule has 1 aliphatic heterocycles. The largest absolute Gasteiger partial charge is 0.360 e. The Kier molecular flexibility index (Phi) is 4.79. The summed E-state index contributed by atoms with van der Waals surface area (Å²) in [6.45, 7) is 2.96. The van der Waals surface area contributed by atoms with Crippen molar-refractivity contribution in [3.63, 3.8) is 0 Å². The van der Waals surface area contributed by atoms with Gasteiger partial charge in [-0.1, -0.05) is 23.4 Å². The highest BCUT2D eigenvalue weighted by atomic mass is 16.5. The molecule has 2 aromatic rings. The highest BCUT2D eigenvalue weighted by molar-refractivity contribution is 5.94. The van der Waals surface area contributed by atoms with Crippen LogP contribution in [-0.2, 0) is 0 Å². The molecule has 3 amide bonds. The number of urea groups is 1. The molecule has 3 rings (SSSR count). The third kappa shape index (κ3) is 3.92. The summed E-state index contributed by atoms with van der Waals surface area (Å²) in [6.07, 6.45) is 1.69. The number of rotatable bonds is 3. The van der Waals surface area contributed by atoms with Crippen molar-refractivity contribution in [3.8, 4) is 0 Å². The summed E-state index contributed by atoms with van der Waals surface area (Å²) in [6, 6.07) is 10.4. The molecule has 1 atom stereocenters. The molecular formula is C17H20N4O3. The fourth-order valence-corrected chi connectivity index (χ4v) is 2.81. The molecule has 7 heteroatoms.